The molecular weight excluding hydrogens is 504 g/mol. The quantitative estimate of drug-likeness (QED) is 0.471. The molecule has 0 saturated carbocycles. The first-order chi connectivity index (χ1) is 19.5. The molecule has 2 heterocycles. The van der Waals surface area contributed by atoms with Crippen molar-refractivity contribution in [1.29, 1.82) is 0 Å². The Balaban J connectivity index is 1.44. The predicted octanol–water partition coefficient (Wildman–Crippen LogP) is 5.00. The Morgan fingerprint density at radius 3 is 2.50 bits per heavy atom. The van der Waals surface area contributed by atoms with Gasteiger partial charge in [0.05, 0.1) is 38.6 Å². The second kappa shape index (κ2) is 12.9. The highest BCUT2D eigenvalue weighted by Crippen LogP contribution is 2.34. The van der Waals surface area contributed by atoms with Crippen molar-refractivity contribution in [1.82, 2.24) is 9.80 Å². The molecule has 0 spiro atoms. The standard InChI is InChI=1S/C33H40N2O5/c1-23-18-35(24(2)21-36)33(37)29-14-7-6-13-28(29)27-12-5-4-10-26(27)22-40-31(23)20-34(3)19-25-11-8-15-30-32(25)39-17-9-16-38-30/h4-8,10-15,23-24,31,36H,9,16-22H2,1-3H3/t23-,24-,31-/m1/s1. The summed E-state index contributed by atoms with van der Waals surface area (Å²) in [4.78, 5) is 18.0. The Morgan fingerprint density at radius 1 is 0.975 bits per heavy atom. The normalized spacial score (nSPS) is 20.2. The number of para-hydroxylation sites is 1. The van der Waals surface area contributed by atoms with Gasteiger partial charge in [-0.2, -0.15) is 0 Å². The average Bonchev–Trinajstić information content (AvgIpc) is 3.24. The number of nitrogens with zero attached hydrogens (tertiary/aromatic N) is 2. The third kappa shape index (κ3) is 6.17. The van der Waals surface area contributed by atoms with Crippen LogP contribution in [0.25, 0.3) is 11.1 Å². The molecule has 5 rings (SSSR count). The molecule has 0 saturated heterocycles. The minimum atomic E-state index is -0.325. The number of carbonyl (C=O) groups is 1. The molecule has 2 aliphatic rings. The van der Waals surface area contributed by atoms with Gasteiger partial charge in [0.1, 0.15) is 0 Å². The highest BCUT2D eigenvalue weighted by atomic mass is 16.5. The van der Waals surface area contributed by atoms with Crippen molar-refractivity contribution in [3.8, 4) is 22.6 Å². The number of rotatable bonds is 6. The lowest BCUT2D eigenvalue weighted by Crippen LogP contribution is -2.47. The van der Waals surface area contributed by atoms with Crippen molar-refractivity contribution >= 4 is 5.91 Å². The molecule has 7 heteroatoms. The predicted molar refractivity (Wildman–Crippen MR) is 156 cm³/mol. The van der Waals surface area contributed by atoms with E-state index in [-0.39, 0.29) is 30.6 Å². The van der Waals surface area contributed by atoms with Gasteiger partial charge in [-0.05, 0) is 42.8 Å². The fourth-order valence-corrected chi connectivity index (χ4v) is 5.59. The second-order valence-corrected chi connectivity index (χ2v) is 11.0. The van der Waals surface area contributed by atoms with Gasteiger partial charge in [-0.1, -0.05) is 61.5 Å². The Hall–Kier alpha value is -3.39. The molecule has 0 bridgehead atoms. The first-order valence-corrected chi connectivity index (χ1v) is 14.2. The van der Waals surface area contributed by atoms with Crippen molar-refractivity contribution in [3.63, 3.8) is 0 Å². The van der Waals surface area contributed by atoms with Gasteiger partial charge >= 0.3 is 0 Å². The van der Waals surface area contributed by atoms with E-state index in [4.69, 9.17) is 14.2 Å². The lowest BCUT2D eigenvalue weighted by atomic mass is 9.94. The number of amides is 1. The van der Waals surface area contributed by atoms with Crippen molar-refractivity contribution in [3.05, 3.63) is 83.4 Å². The molecule has 1 N–H and O–H groups in total. The van der Waals surface area contributed by atoms with E-state index in [9.17, 15) is 9.90 Å². The first-order valence-electron chi connectivity index (χ1n) is 14.2. The fourth-order valence-electron chi connectivity index (χ4n) is 5.59. The zero-order valence-corrected chi connectivity index (χ0v) is 23.7. The van der Waals surface area contributed by atoms with Crippen LogP contribution in [-0.4, -0.2) is 72.9 Å². The molecule has 0 aliphatic carbocycles. The minimum Gasteiger partial charge on any atom is -0.490 e. The van der Waals surface area contributed by atoms with E-state index in [0.717, 1.165) is 40.2 Å². The lowest BCUT2D eigenvalue weighted by Gasteiger charge is -2.35. The van der Waals surface area contributed by atoms with Gasteiger partial charge in [-0.25, -0.2) is 0 Å². The number of ether oxygens (including phenoxy) is 3. The van der Waals surface area contributed by atoms with Gasteiger partial charge in [0.2, 0.25) is 0 Å². The summed E-state index contributed by atoms with van der Waals surface area (Å²) in [6.07, 6.45) is 0.712. The summed E-state index contributed by atoms with van der Waals surface area (Å²) in [5.74, 6) is 1.57. The van der Waals surface area contributed by atoms with Crippen LogP contribution in [0.15, 0.2) is 66.7 Å². The lowest BCUT2D eigenvalue weighted by molar-refractivity contribution is -0.0241. The summed E-state index contributed by atoms with van der Waals surface area (Å²) >= 11 is 0. The monoisotopic (exact) mass is 544 g/mol. The van der Waals surface area contributed by atoms with Gasteiger partial charge in [-0.3, -0.25) is 9.69 Å². The van der Waals surface area contributed by atoms with Gasteiger partial charge < -0.3 is 24.2 Å². The maximum atomic E-state index is 14.0. The van der Waals surface area contributed by atoms with Crippen LogP contribution in [0.5, 0.6) is 11.5 Å². The van der Waals surface area contributed by atoms with Crippen LogP contribution in [0.2, 0.25) is 0 Å². The van der Waals surface area contributed by atoms with E-state index in [0.29, 0.717) is 45.0 Å². The topological polar surface area (TPSA) is 71.5 Å². The van der Waals surface area contributed by atoms with E-state index in [2.05, 4.69) is 37.1 Å². The molecule has 3 aromatic carbocycles. The average molecular weight is 545 g/mol. The van der Waals surface area contributed by atoms with Crippen LogP contribution < -0.4 is 9.47 Å². The van der Waals surface area contributed by atoms with Gasteiger partial charge in [0.15, 0.2) is 11.5 Å². The van der Waals surface area contributed by atoms with E-state index in [1.165, 1.54) is 0 Å². The molecule has 40 heavy (non-hydrogen) atoms. The van der Waals surface area contributed by atoms with Crippen LogP contribution in [0.3, 0.4) is 0 Å². The smallest absolute Gasteiger partial charge is 0.254 e. The van der Waals surface area contributed by atoms with Gasteiger partial charge in [-0.15, -0.1) is 0 Å². The highest BCUT2D eigenvalue weighted by Gasteiger charge is 2.31. The third-order valence-electron chi connectivity index (χ3n) is 7.88. The zero-order chi connectivity index (χ0) is 28.1. The summed E-state index contributed by atoms with van der Waals surface area (Å²) in [6.45, 7) is 7.47. The van der Waals surface area contributed by atoms with Crippen LogP contribution in [0.1, 0.15) is 41.8 Å². The Kier molecular flexibility index (Phi) is 9.04. The molecule has 3 aromatic rings. The van der Waals surface area contributed by atoms with Crippen LogP contribution in [0, 0.1) is 5.92 Å². The van der Waals surface area contributed by atoms with E-state index in [1.54, 1.807) is 4.90 Å². The fraction of sp³-hybridized carbons (Fsp3) is 0.424. The van der Waals surface area contributed by atoms with Crippen LogP contribution in [0.4, 0.5) is 0 Å². The summed E-state index contributed by atoms with van der Waals surface area (Å²) in [6, 6.07) is 21.6. The summed E-state index contributed by atoms with van der Waals surface area (Å²) in [5.41, 5.74) is 4.65. The zero-order valence-electron chi connectivity index (χ0n) is 23.7. The van der Waals surface area contributed by atoms with Gasteiger partial charge in [0, 0.05) is 43.1 Å². The molecule has 0 unspecified atom stereocenters. The highest BCUT2D eigenvalue weighted by molar-refractivity contribution is 6.01. The Labute approximate surface area is 237 Å². The van der Waals surface area contributed by atoms with E-state index < -0.39 is 0 Å². The number of aliphatic hydroxyl groups excluding tert-OH is 1. The Bertz CT molecular complexity index is 1310. The molecule has 0 aromatic heterocycles. The minimum absolute atomic E-state index is 0.0188. The second-order valence-electron chi connectivity index (χ2n) is 11.0. The Morgan fingerprint density at radius 2 is 1.70 bits per heavy atom. The first kappa shape index (κ1) is 28.1. The molecule has 3 atom stereocenters. The summed E-state index contributed by atoms with van der Waals surface area (Å²) in [5, 5.41) is 10.1. The van der Waals surface area contributed by atoms with E-state index >= 15 is 0 Å². The molecule has 212 valence electrons. The number of fused-ring (bicyclic) bond motifs is 4. The van der Waals surface area contributed by atoms with E-state index in [1.807, 2.05) is 55.5 Å². The molecule has 1 amide bonds. The van der Waals surface area contributed by atoms with Gasteiger partial charge in [0.25, 0.3) is 5.91 Å². The molecule has 7 nitrogen and oxygen atoms in total. The molecular formula is C33H40N2O5. The van der Waals surface area contributed by atoms with Crippen molar-refractivity contribution in [2.45, 2.75) is 45.6 Å². The third-order valence-corrected chi connectivity index (χ3v) is 7.88. The molecule has 0 radical (unpaired) electrons. The molecule has 0 fully saturated rings. The molecule has 2 aliphatic heterocycles. The van der Waals surface area contributed by atoms with Crippen molar-refractivity contribution < 1.29 is 24.1 Å². The largest absolute Gasteiger partial charge is 0.490 e. The maximum Gasteiger partial charge on any atom is 0.254 e. The van der Waals surface area contributed by atoms with Crippen molar-refractivity contribution in [2.24, 2.45) is 5.92 Å². The maximum absolute atomic E-state index is 14.0. The number of hydrogen-bond donors (Lipinski definition) is 1. The number of likely N-dealkylation sites (N-methyl/N-ethyl adjacent to an activating group) is 1. The van der Waals surface area contributed by atoms with Crippen LogP contribution >= 0.6 is 0 Å². The number of benzene rings is 3. The van der Waals surface area contributed by atoms with Crippen LogP contribution in [-0.2, 0) is 17.9 Å². The summed E-state index contributed by atoms with van der Waals surface area (Å²) < 4.78 is 18.6. The number of carbonyl (C=O) groups excluding carboxylic acids is 1. The number of aliphatic hydroxyl groups is 1. The van der Waals surface area contributed by atoms with Crippen molar-refractivity contribution in [2.75, 3.05) is 40.0 Å². The SMILES string of the molecule is C[C@@H]1CN([C@H](C)CO)C(=O)c2ccccc2-c2ccccc2CO[C@@H]1CN(C)Cc1cccc2c1OCCCO2. The summed E-state index contributed by atoms with van der Waals surface area (Å²) in [7, 11) is 2.08. The number of hydrogen-bond acceptors (Lipinski definition) is 6.